The molecule has 0 aliphatic carbocycles. The average molecular weight is 351 g/mol. The van der Waals surface area contributed by atoms with Crippen LogP contribution in [-0.2, 0) is 19.1 Å². The molecule has 2 rings (SSSR count). The van der Waals surface area contributed by atoms with Crippen molar-refractivity contribution < 1.29 is 23.5 Å². The Morgan fingerprint density at radius 2 is 1.40 bits per heavy atom. The van der Waals surface area contributed by atoms with E-state index in [0.717, 1.165) is 5.56 Å². The average Bonchev–Trinajstić information content (AvgIpc) is 2.55. The van der Waals surface area contributed by atoms with E-state index in [-0.39, 0.29) is 43.1 Å². The summed E-state index contributed by atoms with van der Waals surface area (Å²) in [5.41, 5.74) is 0.734. The number of esters is 2. The second-order valence-corrected chi connectivity index (χ2v) is 6.38. The molecule has 1 aliphatic heterocycles. The minimum atomic E-state index is -0.559. The highest BCUT2D eigenvalue weighted by molar-refractivity contribution is 5.80. The number of carbonyl (C=O) groups is 2. The molecule has 5 nitrogen and oxygen atoms in total. The van der Waals surface area contributed by atoms with Gasteiger partial charge in [0.25, 0.3) is 0 Å². The quantitative estimate of drug-likeness (QED) is 0.826. The lowest BCUT2D eigenvalue weighted by Gasteiger charge is -2.44. The van der Waals surface area contributed by atoms with Crippen LogP contribution in [-0.4, -0.2) is 37.2 Å². The van der Waals surface area contributed by atoms with Crippen LogP contribution in [0.15, 0.2) is 24.3 Å². The summed E-state index contributed by atoms with van der Waals surface area (Å²) in [6.45, 7) is 7.82. The van der Waals surface area contributed by atoms with Crippen molar-refractivity contribution in [1.29, 1.82) is 0 Å². The van der Waals surface area contributed by atoms with Gasteiger partial charge in [-0.2, -0.15) is 0 Å². The minimum absolute atomic E-state index is 0.185. The standard InChI is InChI=1S/C19H26FNO4/c1-5-24-18(22)15-11(3)21-12(4)16(19(23)25-6-2)17(15)13-7-9-14(20)10-8-13/h7-12,15-17,21H,5-6H2,1-4H3/t11-,12-,15+,16+/m1/s1. The molecule has 1 aromatic rings. The smallest absolute Gasteiger partial charge is 0.311 e. The first-order valence-corrected chi connectivity index (χ1v) is 8.75. The summed E-state index contributed by atoms with van der Waals surface area (Å²) >= 11 is 0. The molecular formula is C19H26FNO4. The predicted octanol–water partition coefficient (Wildman–Crippen LogP) is 2.65. The number of ether oxygens (including phenoxy) is 2. The highest BCUT2D eigenvalue weighted by atomic mass is 19.1. The maximum Gasteiger partial charge on any atom is 0.311 e. The van der Waals surface area contributed by atoms with Gasteiger partial charge in [-0.3, -0.25) is 9.59 Å². The van der Waals surface area contributed by atoms with E-state index in [4.69, 9.17) is 9.47 Å². The van der Waals surface area contributed by atoms with E-state index in [1.807, 2.05) is 13.8 Å². The van der Waals surface area contributed by atoms with Gasteiger partial charge in [0.15, 0.2) is 0 Å². The van der Waals surface area contributed by atoms with Crippen LogP contribution in [0.2, 0.25) is 0 Å². The molecule has 0 radical (unpaired) electrons. The fourth-order valence-corrected chi connectivity index (χ4v) is 3.75. The first kappa shape index (κ1) is 19.4. The Balaban J connectivity index is 2.49. The van der Waals surface area contributed by atoms with Gasteiger partial charge in [-0.25, -0.2) is 4.39 Å². The van der Waals surface area contributed by atoms with Crippen LogP contribution in [0.25, 0.3) is 0 Å². The van der Waals surface area contributed by atoms with Gasteiger partial charge in [0.05, 0.1) is 25.0 Å². The van der Waals surface area contributed by atoms with Crippen molar-refractivity contribution in [3.8, 4) is 0 Å². The molecule has 4 atom stereocenters. The van der Waals surface area contributed by atoms with E-state index in [0.29, 0.717) is 0 Å². The number of benzene rings is 1. The van der Waals surface area contributed by atoms with Crippen LogP contribution in [0.3, 0.4) is 0 Å². The highest BCUT2D eigenvalue weighted by Crippen LogP contribution is 2.41. The van der Waals surface area contributed by atoms with E-state index < -0.39 is 17.8 Å². The van der Waals surface area contributed by atoms with Gasteiger partial charge in [0.1, 0.15) is 5.82 Å². The third-order valence-corrected chi connectivity index (χ3v) is 4.75. The van der Waals surface area contributed by atoms with Gasteiger partial charge in [-0.15, -0.1) is 0 Å². The Morgan fingerprint density at radius 1 is 0.960 bits per heavy atom. The molecule has 1 aromatic carbocycles. The number of hydrogen-bond donors (Lipinski definition) is 1. The van der Waals surface area contributed by atoms with Crippen molar-refractivity contribution in [3.05, 3.63) is 35.6 Å². The summed E-state index contributed by atoms with van der Waals surface area (Å²) < 4.78 is 23.9. The fourth-order valence-electron chi connectivity index (χ4n) is 3.75. The van der Waals surface area contributed by atoms with Gasteiger partial charge in [-0.1, -0.05) is 12.1 Å². The van der Waals surface area contributed by atoms with Gasteiger partial charge < -0.3 is 14.8 Å². The van der Waals surface area contributed by atoms with E-state index in [1.54, 1.807) is 26.0 Å². The van der Waals surface area contributed by atoms with Gasteiger partial charge in [0, 0.05) is 18.0 Å². The maximum atomic E-state index is 13.4. The lowest BCUT2D eigenvalue weighted by Crippen LogP contribution is -2.58. The summed E-state index contributed by atoms with van der Waals surface area (Å²) in [6.07, 6.45) is 0. The van der Waals surface area contributed by atoms with Crippen molar-refractivity contribution in [2.45, 2.75) is 45.7 Å². The molecule has 25 heavy (non-hydrogen) atoms. The molecule has 0 unspecified atom stereocenters. The number of rotatable bonds is 5. The third kappa shape index (κ3) is 4.18. The van der Waals surface area contributed by atoms with Crippen LogP contribution in [0, 0.1) is 17.7 Å². The zero-order valence-electron chi connectivity index (χ0n) is 15.1. The number of carbonyl (C=O) groups excluding carboxylic acids is 2. The molecule has 138 valence electrons. The van der Waals surface area contributed by atoms with Crippen LogP contribution in [0.1, 0.15) is 39.2 Å². The lowest BCUT2D eigenvalue weighted by molar-refractivity contribution is -0.158. The predicted molar refractivity (Wildman–Crippen MR) is 91.4 cm³/mol. The Kier molecular flexibility index (Phi) is 6.53. The zero-order chi connectivity index (χ0) is 18.6. The molecular weight excluding hydrogens is 325 g/mol. The third-order valence-electron chi connectivity index (χ3n) is 4.75. The minimum Gasteiger partial charge on any atom is -0.466 e. The van der Waals surface area contributed by atoms with Crippen molar-refractivity contribution in [3.63, 3.8) is 0 Å². The van der Waals surface area contributed by atoms with Crippen LogP contribution in [0.4, 0.5) is 4.39 Å². The van der Waals surface area contributed by atoms with E-state index in [1.165, 1.54) is 12.1 Å². The summed E-state index contributed by atoms with van der Waals surface area (Å²) in [4.78, 5) is 25.2. The molecule has 0 amide bonds. The van der Waals surface area contributed by atoms with Gasteiger partial charge in [0.2, 0.25) is 0 Å². The van der Waals surface area contributed by atoms with Crippen LogP contribution < -0.4 is 5.32 Å². The summed E-state index contributed by atoms with van der Waals surface area (Å²) in [5, 5.41) is 3.29. The number of hydrogen-bond acceptors (Lipinski definition) is 5. The molecule has 0 bridgehead atoms. The van der Waals surface area contributed by atoms with E-state index in [9.17, 15) is 14.0 Å². The zero-order valence-corrected chi connectivity index (χ0v) is 15.1. The second-order valence-electron chi connectivity index (χ2n) is 6.38. The summed E-state index contributed by atoms with van der Waals surface area (Å²) in [6, 6.07) is 5.57. The maximum absolute atomic E-state index is 13.4. The fraction of sp³-hybridized carbons (Fsp3) is 0.579. The molecule has 1 fully saturated rings. The first-order valence-electron chi connectivity index (χ1n) is 8.75. The first-order chi connectivity index (χ1) is 11.9. The van der Waals surface area contributed by atoms with Crippen LogP contribution in [0.5, 0.6) is 0 Å². The lowest BCUT2D eigenvalue weighted by atomic mass is 9.68. The van der Waals surface area contributed by atoms with E-state index >= 15 is 0 Å². The van der Waals surface area contributed by atoms with Crippen molar-refractivity contribution in [1.82, 2.24) is 5.32 Å². The summed E-state index contributed by atoms with van der Waals surface area (Å²) in [5.74, 6) is -2.65. The molecule has 1 aliphatic rings. The Hall–Kier alpha value is -1.95. The molecule has 6 heteroatoms. The molecule has 0 aromatic heterocycles. The number of nitrogens with one attached hydrogen (secondary N) is 1. The molecule has 1 saturated heterocycles. The topological polar surface area (TPSA) is 64.6 Å². The number of piperidine rings is 1. The molecule has 0 spiro atoms. The Bertz CT molecular complexity index is 574. The second kappa shape index (κ2) is 8.43. The SMILES string of the molecule is CCOC(=O)[C@@H]1C(c2ccc(F)cc2)[C@@H](C(=O)OCC)[C@@H](C)N[C@@H]1C. The van der Waals surface area contributed by atoms with Crippen molar-refractivity contribution in [2.24, 2.45) is 11.8 Å². The van der Waals surface area contributed by atoms with Crippen molar-refractivity contribution in [2.75, 3.05) is 13.2 Å². The normalized spacial score (nSPS) is 29.1. The van der Waals surface area contributed by atoms with Crippen LogP contribution >= 0.6 is 0 Å². The molecule has 1 N–H and O–H groups in total. The molecule has 1 heterocycles. The largest absolute Gasteiger partial charge is 0.466 e. The number of halogens is 1. The Labute approximate surface area is 147 Å². The monoisotopic (exact) mass is 351 g/mol. The summed E-state index contributed by atoms with van der Waals surface area (Å²) in [7, 11) is 0. The Morgan fingerprint density at radius 3 is 1.80 bits per heavy atom. The van der Waals surface area contributed by atoms with E-state index in [2.05, 4.69) is 5.32 Å². The van der Waals surface area contributed by atoms with Crippen molar-refractivity contribution >= 4 is 11.9 Å². The van der Waals surface area contributed by atoms with Gasteiger partial charge in [-0.05, 0) is 45.4 Å². The molecule has 0 saturated carbocycles. The highest BCUT2D eigenvalue weighted by Gasteiger charge is 2.49. The van der Waals surface area contributed by atoms with Gasteiger partial charge >= 0.3 is 11.9 Å².